The Kier molecular flexibility index (Phi) is 6.47. The van der Waals surface area contributed by atoms with Crippen molar-refractivity contribution in [2.75, 3.05) is 7.11 Å². The first kappa shape index (κ1) is 13.7. The molecule has 15 heavy (non-hydrogen) atoms. The molecule has 0 aliphatic heterocycles. The third-order valence-corrected chi connectivity index (χ3v) is 1.90. The van der Waals surface area contributed by atoms with Crippen LogP contribution < -0.4 is 0 Å². The van der Waals surface area contributed by atoms with Crippen LogP contribution in [0.5, 0.6) is 0 Å². The first-order valence-corrected chi connectivity index (χ1v) is 5.18. The molecule has 0 unspecified atom stereocenters. The van der Waals surface area contributed by atoms with E-state index in [1.807, 2.05) is 32.9 Å². The number of aryl methyl sites for hydroxylation is 2. The Morgan fingerprint density at radius 3 is 2.20 bits per heavy atom. The van der Waals surface area contributed by atoms with E-state index in [1.54, 1.807) is 0 Å². The van der Waals surface area contributed by atoms with Gasteiger partial charge >= 0.3 is 0 Å². The van der Waals surface area contributed by atoms with E-state index in [2.05, 4.69) is 19.1 Å². The molecule has 1 aromatic heterocycles. The lowest BCUT2D eigenvalue weighted by atomic mass is 10.1. The molecule has 84 valence electrons. The van der Waals surface area contributed by atoms with Crippen LogP contribution in [0.1, 0.15) is 25.2 Å². The van der Waals surface area contributed by atoms with Crippen molar-refractivity contribution in [1.82, 2.24) is 0 Å². The Hall–Kier alpha value is -1.28. The van der Waals surface area contributed by atoms with E-state index in [-0.39, 0.29) is 0 Å². The second kappa shape index (κ2) is 7.07. The topological polar surface area (TPSA) is 33.4 Å². The Morgan fingerprint density at radius 2 is 1.67 bits per heavy atom. The minimum atomic E-state index is 0.981. The summed E-state index contributed by atoms with van der Waals surface area (Å²) in [4.78, 5) is 0. The maximum Gasteiger partial charge on any atom is 0.134 e. The van der Waals surface area contributed by atoms with Crippen molar-refractivity contribution in [2.24, 2.45) is 0 Å². The maximum absolute atomic E-state index is 7.00. The molecule has 0 bridgehead atoms. The monoisotopic (exact) mass is 208 g/mol. The molecule has 0 fully saturated rings. The number of hydrogen-bond donors (Lipinski definition) is 1. The summed E-state index contributed by atoms with van der Waals surface area (Å²) in [5.41, 5.74) is 2.27. The summed E-state index contributed by atoms with van der Waals surface area (Å²) in [6, 6.07) is 8.18. The van der Waals surface area contributed by atoms with Crippen molar-refractivity contribution >= 4 is 11.0 Å². The van der Waals surface area contributed by atoms with Crippen LogP contribution in [-0.4, -0.2) is 12.2 Å². The predicted molar refractivity (Wildman–Crippen MR) is 65.2 cm³/mol. The van der Waals surface area contributed by atoms with Gasteiger partial charge in [-0.15, -0.1) is 0 Å². The Bertz CT molecular complexity index is 388. The van der Waals surface area contributed by atoms with Crippen molar-refractivity contribution in [3.05, 3.63) is 35.6 Å². The van der Waals surface area contributed by atoms with Crippen molar-refractivity contribution < 1.29 is 9.52 Å². The minimum absolute atomic E-state index is 0.981. The van der Waals surface area contributed by atoms with Gasteiger partial charge < -0.3 is 9.52 Å². The second-order valence-corrected chi connectivity index (χ2v) is 2.84. The normalized spacial score (nSPS) is 8.67. The van der Waals surface area contributed by atoms with Gasteiger partial charge in [0.1, 0.15) is 11.3 Å². The maximum atomic E-state index is 7.00. The van der Waals surface area contributed by atoms with E-state index in [4.69, 9.17) is 9.52 Å². The van der Waals surface area contributed by atoms with Crippen molar-refractivity contribution in [3.8, 4) is 0 Å². The van der Waals surface area contributed by atoms with Gasteiger partial charge in [-0.1, -0.05) is 26.0 Å². The Morgan fingerprint density at radius 1 is 1.07 bits per heavy atom. The van der Waals surface area contributed by atoms with Gasteiger partial charge in [-0.05, 0) is 31.5 Å². The summed E-state index contributed by atoms with van der Waals surface area (Å²) < 4.78 is 5.45. The lowest BCUT2D eigenvalue weighted by Gasteiger charge is -1.90. The highest BCUT2D eigenvalue weighted by atomic mass is 16.3. The average molecular weight is 208 g/mol. The summed E-state index contributed by atoms with van der Waals surface area (Å²) in [6.07, 6.45) is 0. The smallest absolute Gasteiger partial charge is 0.134 e. The van der Waals surface area contributed by atoms with Gasteiger partial charge in [-0.3, -0.25) is 0 Å². The zero-order valence-electron chi connectivity index (χ0n) is 10.2. The molecule has 0 saturated carbocycles. The number of fused-ring (bicyclic) bond motifs is 1. The van der Waals surface area contributed by atoms with Gasteiger partial charge in [-0.2, -0.15) is 0 Å². The summed E-state index contributed by atoms with van der Waals surface area (Å²) in [5.74, 6) is 0.981. The molecule has 1 N–H and O–H groups in total. The molecular weight excluding hydrogens is 188 g/mol. The molecule has 0 saturated heterocycles. The first-order chi connectivity index (χ1) is 7.27. The van der Waals surface area contributed by atoms with Crippen molar-refractivity contribution in [1.29, 1.82) is 0 Å². The molecule has 2 nitrogen and oxygen atoms in total. The minimum Gasteiger partial charge on any atom is -0.461 e. The van der Waals surface area contributed by atoms with Crippen molar-refractivity contribution in [2.45, 2.75) is 27.7 Å². The summed E-state index contributed by atoms with van der Waals surface area (Å²) >= 11 is 0. The number of rotatable bonds is 0. The van der Waals surface area contributed by atoms with Crippen molar-refractivity contribution in [3.63, 3.8) is 0 Å². The highest BCUT2D eigenvalue weighted by molar-refractivity contribution is 5.81. The molecular formula is C13H20O2. The van der Waals surface area contributed by atoms with E-state index in [0.717, 1.165) is 18.5 Å². The van der Waals surface area contributed by atoms with E-state index in [0.29, 0.717) is 0 Å². The van der Waals surface area contributed by atoms with Gasteiger partial charge in [0.05, 0.1) is 0 Å². The van der Waals surface area contributed by atoms with Gasteiger partial charge in [-0.25, -0.2) is 0 Å². The number of benzene rings is 1. The van der Waals surface area contributed by atoms with E-state index >= 15 is 0 Å². The average Bonchev–Trinajstić information content (AvgIpc) is 2.66. The van der Waals surface area contributed by atoms with Gasteiger partial charge in [0.2, 0.25) is 0 Å². The van der Waals surface area contributed by atoms with Crippen LogP contribution in [0, 0.1) is 13.8 Å². The third-order valence-electron chi connectivity index (χ3n) is 1.90. The van der Waals surface area contributed by atoms with Crippen LogP contribution in [0.25, 0.3) is 11.0 Å². The lowest BCUT2D eigenvalue weighted by Crippen LogP contribution is -1.69. The SMILES string of the molecule is CC.CO.Cc1cc2c(C)cccc2o1. The van der Waals surface area contributed by atoms with Crippen LogP contribution in [0.15, 0.2) is 28.7 Å². The van der Waals surface area contributed by atoms with Crippen LogP contribution in [0.4, 0.5) is 0 Å². The van der Waals surface area contributed by atoms with Crippen LogP contribution in [0.2, 0.25) is 0 Å². The number of hydrogen-bond acceptors (Lipinski definition) is 2. The van der Waals surface area contributed by atoms with Gasteiger partial charge in [0, 0.05) is 12.5 Å². The van der Waals surface area contributed by atoms with Crippen LogP contribution in [0.3, 0.4) is 0 Å². The largest absolute Gasteiger partial charge is 0.461 e. The third kappa shape index (κ3) is 3.40. The molecule has 0 atom stereocenters. The summed E-state index contributed by atoms with van der Waals surface area (Å²) in [6.45, 7) is 8.07. The number of aliphatic hydroxyl groups is 1. The highest BCUT2D eigenvalue weighted by Gasteiger charge is 2.00. The predicted octanol–water partition coefficient (Wildman–Crippen LogP) is 3.68. The van der Waals surface area contributed by atoms with Crippen LogP contribution >= 0.6 is 0 Å². The van der Waals surface area contributed by atoms with E-state index < -0.39 is 0 Å². The standard InChI is InChI=1S/C10H10O.C2H6.CH4O/c1-7-4-3-5-10-9(7)6-8(2)11-10;2*1-2/h3-6H,1-2H3;1-2H3;2H,1H3. The number of furan rings is 1. The van der Waals surface area contributed by atoms with E-state index in [1.165, 1.54) is 10.9 Å². The van der Waals surface area contributed by atoms with E-state index in [9.17, 15) is 0 Å². The number of aliphatic hydroxyl groups excluding tert-OH is 1. The second-order valence-electron chi connectivity index (χ2n) is 2.84. The molecule has 2 aromatic rings. The Labute approximate surface area is 91.5 Å². The zero-order chi connectivity index (χ0) is 11.8. The summed E-state index contributed by atoms with van der Waals surface area (Å²) in [5, 5.41) is 8.23. The highest BCUT2D eigenvalue weighted by Crippen LogP contribution is 2.21. The van der Waals surface area contributed by atoms with Gasteiger partial charge in [0.15, 0.2) is 0 Å². The molecule has 1 aromatic carbocycles. The molecule has 0 amide bonds. The fourth-order valence-corrected chi connectivity index (χ4v) is 1.33. The fourth-order valence-electron chi connectivity index (χ4n) is 1.33. The molecule has 1 heterocycles. The molecule has 2 rings (SSSR count). The van der Waals surface area contributed by atoms with Gasteiger partial charge in [0.25, 0.3) is 0 Å². The fraction of sp³-hybridized carbons (Fsp3) is 0.385. The molecule has 2 heteroatoms. The quantitative estimate of drug-likeness (QED) is 0.716. The molecule has 0 spiro atoms. The molecule has 0 aliphatic carbocycles. The molecule has 0 radical (unpaired) electrons. The van der Waals surface area contributed by atoms with Crippen LogP contribution in [-0.2, 0) is 0 Å². The lowest BCUT2D eigenvalue weighted by molar-refractivity contribution is 0.399. The zero-order valence-corrected chi connectivity index (χ0v) is 10.2. The first-order valence-electron chi connectivity index (χ1n) is 5.18. The molecule has 0 aliphatic rings. The summed E-state index contributed by atoms with van der Waals surface area (Å²) in [7, 11) is 1.00. The Balaban J connectivity index is 0.000000442.